The first-order chi connectivity index (χ1) is 5.29. The monoisotopic (exact) mass is 276 g/mol. The van der Waals surface area contributed by atoms with Crippen molar-refractivity contribution in [3.05, 3.63) is 21.2 Å². The molecule has 56 valence electrons. The number of fused-ring (bicyclic) bond motifs is 1. The summed E-state index contributed by atoms with van der Waals surface area (Å²) in [4.78, 5) is 4.01. The fourth-order valence-corrected chi connectivity index (χ4v) is 2.79. The molecule has 0 aliphatic rings. The molecule has 2 heterocycles. The Balaban J connectivity index is 2.94. The minimum Gasteiger partial charge on any atom is -0.383 e. The van der Waals surface area contributed by atoms with Crippen LogP contribution in [0.5, 0.6) is 0 Å². The molecule has 0 unspecified atom stereocenters. The van der Waals surface area contributed by atoms with Crippen LogP contribution in [0.25, 0.3) is 10.1 Å². The summed E-state index contributed by atoms with van der Waals surface area (Å²) < 4.78 is 2.34. The summed E-state index contributed by atoms with van der Waals surface area (Å²) >= 11 is 3.94. The zero-order chi connectivity index (χ0) is 7.84. The Morgan fingerprint density at radius 1 is 1.55 bits per heavy atom. The average Bonchev–Trinajstić information content (AvgIpc) is 2.35. The maximum absolute atomic E-state index is 5.67. The summed E-state index contributed by atoms with van der Waals surface area (Å²) in [6.07, 6.45) is 1.74. The highest BCUT2D eigenvalue weighted by Gasteiger charge is 2.03. The summed E-state index contributed by atoms with van der Waals surface area (Å²) in [6.45, 7) is 0. The first-order valence-corrected chi connectivity index (χ1v) is 5.02. The van der Waals surface area contributed by atoms with Gasteiger partial charge in [-0.25, -0.2) is 4.98 Å². The molecule has 0 amide bonds. The van der Waals surface area contributed by atoms with E-state index in [1.165, 1.54) is 8.96 Å². The molecule has 2 nitrogen and oxygen atoms in total. The van der Waals surface area contributed by atoms with Gasteiger partial charge in [-0.05, 0) is 28.7 Å². The number of anilines is 1. The number of hydrogen-bond acceptors (Lipinski definition) is 3. The summed E-state index contributed by atoms with van der Waals surface area (Å²) in [5, 5.41) is 3.30. The maximum Gasteiger partial charge on any atom is 0.141 e. The van der Waals surface area contributed by atoms with Crippen LogP contribution in [0.3, 0.4) is 0 Å². The Morgan fingerprint density at radius 2 is 2.36 bits per heavy atom. The lowest BCUT2D eigenvalue weighted by atomic mass is 10.3. The van der Waals surface area contributed by atoms with Crippen molar-refractivity contribution in [2.24, 2.45) is 0 Å². The average molecular weight is 276 g/mol. The number of rotatable bonds is 0. The molecule has 11 heavy (non-hydrogen) atoms. The van der Waals surface area contributed by atoms with Gasteiger partial charge in [-0.1, -0.05) is 0 Å². The van der Waals surface area contributed by atoms with Gasteiger partial charge in [0.05, 0.1) is 4.70 Å². The van der Waals surface area contributed by atoms with E-state index in [2.05, 4.69) is 33.0 Å². The molecule has 4 heteroatoms. The van der Waals surface area contributed by atoms with Crippen molar-refractivity contribution >= 4 is 49.8 Å². The molecule has 0 saturated heterocycles. The highest BCUT2D eigenvalue weighted by Crippen LogP contribution is 2.29. The fourth-order valence-electron chi connectivity index (χ4n) is 0.950. The molecule has 0 aromatic carbocycles. The number of nitrogen functional groups attached to an aromatic ring is 1. The Bertz CT molecular complexity index is 396. The molecule has 0 aliphatic heterocycles. The van der Waals surface area contributed by atoms with E-state index in [0.29, 0.717) is 5.82 Å². The third-order valence-electron chi connectivity index (χ3n) is 1.47. The van der Waals surface area contributed by atoms with Crippen molar-refractivity contribution in [1.29, 1.82) is 0 Å². The largest absolute Gasteiger partial charge is 0.383 e. The molecular weight excluding hydrogens is 271 g/mol. The van der Waals surface area contributed by atoms with Crippen molar-refractivity contribution in [3.63, 3.8) is 0 Å². The van der Waals surface area contributed by atoms with E-state index in [0.717, 1.165) is 4.70 Å². The molecule has 2 N–H and O–H groups in total. The van der Waals surface area contributed by atoms with Gasteiger partial charge < -0.3 is 5.73 Å². The quantitative estimate of drug-likeness (QED) is 0.751. The van der Waals surface area contributed by atoms with E-state index < -0.39 is 0 Å². The Hall–Kier alpha value is -0.360. The lowest BCUT2D eigenvalue weighted by molar-refractivity contribution is 1.38. The first-order valence-electron chi connectivity index (χ1n) is 3.06. The van der Waals surface area contributed by atoms with E-state index in [1.54, 1.807) is 17.5 Å². The van der Waals surface area contributed by atoms with Crippen LogP contribution in [0.15, 0.2) is 17.6 Å². The number of aromatic nitrogens is 1. The number of thiophene rings is 1. The standard InChI is InChI=1S/C7H5IN2S/c8-5-3-11-6-4(5)1-2-10-7(6)9/h1-3H,(H2,9,10). The van der Waals surface area contributed by atoms with Gasteiger partial charge in [0.25, 0.3) is 0 Å². The zero-order valence-corrected chi connectivity index (χ0v) is 8.52. The van der Waals surface area contributed by atoms with Gasteiger partial charge in [-0.3, -0.25) is 0 Å². The maximum atomic E-state index is 5.67. The summed E-state index contributed by atoms with van der Waals surface area (Å²) in [5.74, 6) is 0.635. The third kappa shape index (κ3) is 1.10. The van der Waals surface area contributed by atoms with Gasteiger partial charge in [0, 0.05) is 20.5 Å². The van der Waals surface area contributed by atoms with Gasteiger partial charge in [0.15, 0.2) is 0 Å². The molecule has 2 aromatic rings. The van der Waals surface area contributed by atoms with Gasteiger partial charge in [0.2, 0.25) is 0 Å². The lowest BCUT2D eigenvalue weighted by Gasteiger charge is -1.92. The SMILES string of the molecule is Nc1nccc2c(I)csc12. The third-order valence-corrected chi connectivity index (χ3v) is 3.80. The van der Waals surface area contributed by atoms with Crippen LogP contribution in [-0.2, 0) is 0 Å². The molecule has 0 saturated carbocycles. The van der Waals surface area contributed by atoms with Gasteiger partial charge in [0.1, 0.15) is 5.82 Å². The normalized spacial score (nSPS) is 10.6. The second-order valence-electron chi connectivity index (χ2n) is 2.16. The van der Waals surface area contributed by atoms with Crippen LogP contribution in [0.4, 0.5) is 5.82 Å². The predicted octanol–water partition coefficient (Wildman–Crippen LogP) is 2.48. The van der Waals surface area contributed by atoms with Crippen LogP contribution >= 0.6 is 33.9 Å². The Morgan fingerprint density at radius 3 is 3.09 bits per heavy atom. The minimum atomic E-state index is 0.635. The van der Waals surface area contributed by atoms with Gasteiger partial charge in [-0.15, -0.1) is 11.3 Å². The van der Waals surface area contributed by atoms with E-state index in [9.17, 15) is 0 Å². The molecule has 0 aliphatic carbocycles. The van der Waals surface area contributed by atoms with Crippen LogP contribution in [-0.4, -0.2) is 4.98 Å². The summed E-state index contributed by atoms with van der Waals surface area (Å²) in [5.41, 5.74) is 5.67. The molecule has 0 atom stereocenters. The minimum absolute atomic E-state index is 0.635. The molecule has 2 rings (SSSR count). The fraction of sp³-hybridized carbons (Fsp3) is 0. The topological polar surface area (TPSA) is 38.9 Å². The molecule has 0 spiro atoms. The lowest BCUT2D eigenvalue weighted by Crippen LogP contribution is -1.87. The van der Waals surface area contributed by atoms with Crippen molar-refractivity contribution < 1.29 is 0 Å². The van der Waals surface area contributed by atoms with E-state index in [1.807, 2.05) is 6.07 Å². The first kappa shape index (κ1) is 7.30. The Labute approximate surface area is 81.6 Å². The van der Waals surface area contributed by atoms with Crippen LogP contribution < -0.4 is 5.73 Å². The second kappa shape index (κ2) is 2.60. The molecule has 2 aromatic heterocycles. The summed E-state index contributed by atoms with van der Waals surface area (Å²) in [7, 11) is 0. The van der Waals surface area contributed by atoms with Crippen LogP contribution in [0.2, 0.25) is 0 Å². The van der Waals surface area contributed by atoms with Crippen molar-refractivity contribution in [3.8, 4) is 0 Å². The van der Waals surface area contributed by atoms with Crippen LogP contribution in [0, 0.1) is 3.57 Å². The van der Waals surface area contributed by atoms with E-state index >= 15 is 0 Å². The zero-order valence-electron chi connectivity index (χ0n) is 5.54. The highest BCUT2D eigenvalue weighted by molar-refractivity contribution is 14.1. The van der Waals surface area contributed by atoms with Crippen LogP contribution in [0.1, 0.15) is 0 Å². The number of hydrogen-bond donors (Lipinski definition) is 1. The van der Waals surface area contributed by atoms with E-state index in [4.69, 9.17) is 5.73 Å². The van der Waals surface area contributed by atoms with Gasteiger partial charge in [-0.2, -0.15) is 0 Å². The number of halogens is 1. The molecule has 0 radical (unpaired) electrons. The smallest absolute Gasteiger partial charge is 0.141 e. The molecule has 0 bridgehead atoms. The van der Waals surface area contributed by atoms with Crippen molar-refractivity contribution in [2.75, 3.05) is 5.73 Å². The molecule has 0 fully saturated rings. The summed E-state index contributed by atoms with van der Waals surface area (Å²) in [6, 6.07) is 1.99. The number of nitrogens with zero attached hydrogens (tertiary/aromatic N) is 1. The highest BCUT2D eigenvalue weighted by atomic mass is 127. The number of nitrogens with two attached hydrogens (primary N) is 1. The van der Waals surface area contributed by atoms with Crippen molar-refractivity contribution in [1.82, 2.24) is 4.98 Å². The number of pyridine rings is 1. The van der Waals surface area contributed by atoms with Crippen molar-refractivity contribution in [2.45, 2.75) is 0 Å². The Kier molecular flexibility index (Phi) is 1.72. The predicted molar refractivity (Wildman–Crippen MR) is 56.7 cm³/mol. The second-order valence-corrected chi connectivity index (χ2v) is 4.20. The molecular formula is C7H5IN2S. The van der Waals surface area contributed by atoms with E-state index in [-0.39, 0.29) is 0 Å². The van der Waals surface area contributed by atoms with Gasteiger partial charge >= 0.3 is 0 Å².